The number of sulfone groups is 1. The maximum atomic E-state index is 12.8. The van der Waals surface area contributed by atoms with Gasteiger partial charge in [-0.15, -0.1) is 0 Å². The first-order valence-corrected chi connectivity index (χ1v) is 12.9. The average molecular weight is 446 g/mol. The Labute approximate surface area is 172 Å². The molecule has 1 N–H and O–H groups in total. The SMILES string of the molecule is CCOc1ccc(S(=O)(=O)N2CCN(C(=O)NC[C@@H]3CCS(=O)(=O)C3)CC2)cc1. The third kappa shape index (κ3) is 5.40. The number of nitrogens with one attached hydrogen (secondary N) is 1. The number of sulfonamides is 1. The molecule has 0 saturated carbocycles. The maximum absolute atomic E-state index is 12.8. The van der Waals surface area contributed by atoms with Gasteiger partial charge in [-0.05, 0) is 43.5 Å². The zero-order valence-electron chi connectivity index (χ0n) is 16.4. The molecule has 1 atom stereocenters. The first-order valence-electron chi connectivity index (χ1n) is 9.67. The van der Waals surface area contributed by atoms with Crippen LogP contribution in [-0.2, 0) is 19.9 Å². The number of urea groups is 1. The number of rotatable bonds is 6. The van der Waals surface area contributed by atoms with E-state index >= 15 is 0 Å². The molecule has 0 aromatic heterocycles. The van der Waals surface area contributed by atoms with Crippen molar-refractivity contribution in [2.24, 2.45) is 5.92 Å². The molecular formula is C18H27N3O6S2. The molecule has 2 saturated heterocycles. The summed E-state index contributed by atoms with van der Waals surface area (Å²) >= 11 is 0. The number of piperazine rings is 1. The van der Waals surface area contributed by atoms with Crippen LogP contribution >= 0.6 is 0 Å². The molecular weight excluding hydrogens is 418 g/mol. The highest BCUT2D eigenvalue weighted by Crippen LogP contribution is 2.21. The van der Waals surface area contributed by atoms with Gasteiger partial charge in [0.1, 0.15) is 5.75 Å². The zero-order valence-corrected chi connectivity index (χ0v) is 18.0. The lowest BCUT2D eigenvalue weighted by atomic mass is 10.1. The fourth-order valence-electron chi connectivity index (χ4n) is 3.53. The second-order valence-corrected chi connectivity index (χ2v) is 11.4. The number of amides is 2. The lowest BCUT2D eigenvalue weighted by molar-refractivity contribution is 0.171. The van der Waals surface area contributed by atoms with Gasteiger partial charge in [0.15, 0.2) is 9.84 Å². The monoisotopic (exact) mass is 445 g/mol. The van der Waals surface area contributed by atoms with Gasteiger partial charge in [-0.25, -0.2) is 21.6 Å². The third-order valence-electron chi connectivity index (χ3n) is 5.17. The van der Waals surface area contributed by atoms with Gasteiger partial charge in [-0.1, -0.05) is 0 Å². The minimum Gasteiger partial charge on any atom is -0.494 e. The van der Waals surface area contributed by atoms with E-state index in [0.29, 0.717) is 25.3 Å². The zero-order chi connectivity index (χ0) is 21.1. The van der Waals surface area contributed by atoms with Gasteiger partial charge in [0, 0.05) is 32.7 Å². The van der Waals surface area contributed by atoms with Crippen LogP contribution in [0.5, 0.6) is 5.75 Å². The van der Waals surface area contributed by atoms with Crippen LogP contribution in [0.2, 0.25) is 0 Å². The van der Waals surface area contributed by atoms with Gasteiger partial charge in [0.25, 0.3) is 0 Å². The summed E-state index contributed by atoms with van der Waals surface area (Å²) in [5.74, 6) is 0.852. The molecule has 2 aliphatic rings. The Bertz CT molecular complexity index is 923. The smallest absolute Gasteiger partial charge is 0.317 e. The van der Waals surface area contributed by atoms with E-state index < -0.39 is 19.9 Å². The van der Waals surface area contributed by atoms with Crippen LogP contribution < -0.4 is 10.1 Å². The first kappa shape index (κ1) is 21.8. The Morgan fingerprint density at radius 2 is 1.83 bits per heavy atom. The van der Waals surface area contributed by atoms with Crippen LogP contribution in [0.15, 0.2) is 29.2 Å². The molecule has 9 nitrogen and oxygen atoms in total. The number of carbonyl (C=O) groups is 1. The standard InChI is InChI=1S/C18H27N3O6S2/c1-2-27-16-3-5-17(6-4-16)29(25,26)21-10-8-20(9-11-21)18(22)19-13-15-7-12-28(23,24)14-15/h3-6,15H,2,7-14H2,1H3,(H,19,22)/t15-/m0/s1. The molecule has 0 radical (unpaired) electrons. The van der Waals surface area contributed by atoms with Gasteiger partial charge in [0.05, 0.1) is 23.0 Å². The second kappa shape index (κ2) is 8.88. The number of carbonyl (C=O) groups excluding carboxylic acids is 1. The van der Waals surface area contributed by atoms with E-state index in [9.17, 15) is 21.6 Å². The highest BCUT2D eigenvalue weighted by molar-refractivity contribution is 7.91. The molecule has 29 heavy (non-hydrogen) atoms. The maximum Gasteiger partial charge on any atom is 0.317 e. The molecule has 0 bridgehead atoms. The van der Waals surface area contributed by atoms with Crippen molar-refractivity contribution in [3.8, 4) is 5.75 Å². The van der Waals surface area contributed by atoms with E-state index in [2.05, 4.69) is 5.32 Å². The van der Waals surface area contributed by atoms with Crippen molar-refractivity contribution in [3.05, 3.63) is 24.3 Å². The van der Waals surface area contributed by atoms with Crippen molar-refractivity contribution < 1.29 is 26.4 Å². The van der Waals surface area contributed by atoms with Crippen LogP contribution in [0.1, 0.15) is 13.3 Å². The largest absolute Gasteiger partial charge is 0.494 e. The van der Waals surface area contributed by atoms with Crippen LogP contribution in [0, 0.1) is 5.92 Å². The molecule has 3 rings (SSSR count). The molecule has 2 heterocycles. The number of hydrogen-bond acceptors (Lipinski definition) is 6. The summed E-state index contributed by atoms with van der Waals surface area (Å²) < 4.78 is 55.3. The molecule has 2 amide bonds. The average Bonchev–Trinajstić information content (AvgIpc) is 3.05. The lowest BCUT2D eigenvalue weighted by Gasteiger charge is -2.34. The normalized spacial score (nSPS) is 22.4. The minimum absolute atomic E-state index is 0.0507. The van der Waals surface area contributed by atoms with Gasteiger partial charge >= 0.3 is 6.03 Å². The van der Waals surface area contributed by atoms with Crippen molar-refractivity contribution in [1.82, 2.24) is 14.5 Å². The molecule has 162 valence electrons. The van der Waals surface area contributed by atoms with E-state index in [1.165, 1.54) is 16.4 Å². The Hall–Kier alpha value is -1.85. The summed E-state index contributed by atoms with van der Waals surface area (Å²) in [6.45, 7) is 3.67. The Morgan fingerprint density at radius 3 is 2.38 bits per heavy atom. The molecule has 2 fully saturated rings. The molecule has 0 unspecified atom stereocenters. The number of benzene rings is 1. The van der Waals surface area contributed by atoms with E-state index in [-0.39, 0.29) is 54.5 Å². The van der Waals surface area contributed by atoms with Crippen molar-refractivity contribution in [3.63, 3.8) is 0 Å². The fraction of sp³-hybridized carbons (Fsp3) is 0.611. The Morgan fingerprint density at radius 1 is 1.17 bits per heavy atom. The summed E-state index contributed by atoms with van der Waals surface area (Å²) in [7, 11) is -6.60. The first-order chi connectivity index (χ1) is 13.7. The van der Waals surface area contributed by atoms with E-state index in [4.69, 9.17) is 4.74 Å². The van der Waals surface area contributed by atoms with Crippen molar-refractivity contribution in [1.29, 1.82) is 0 Å². The summed E-state index contributed by atoms with van der Waals surface area (Å²) in [6, 6.07) is 6.02. The van der Waals surface area contributed by atoms with E-state index in [1.54, 1.807) is 17.0 Å². The molecule has 0 spiro atoms. The van der Waals surface area contributed by atoms with Gasteiger partial charge in [-0.3, -0.25) is 0 Å². The van der Waals surface area contributed by atoms with Crippen LogP contribution in [0.3, 0.4) is 0 Å². The van der Waals surface area contributed by atoms with Crippen molar-refractivity contribution in [2.75, 3.05) is 50.8 Å². The topological polar surface area (TPSA) is 113 Å². The lowest BCUT2D eigenvalue weighted by Crippen LogP contribution is -2.53. The fourth-order valence-corrected chi connectivity index (χ4v) is 6.82. The molecule has 0 aliphatic carbocycles. The Balaban J connectivity index is 1.50. The van der Waals surface area contributed by atoms with Gasteiger partial charge < -0.3 is 15.0 Å². The van der Waals surface area contributed by atoms with Crippen LogP contribution in [0.4, 0.5) is 4.79 Å². The summed E-state index contributed by atoms with van der Waals surface area (Å²) in [5.41, 5.74) is 0. The number of nitrogens with zero attached hydrogens (tertiary/aromatic N) is 2. The minimum atomic E-state index is -3.63. The van der Waals surface area contributed by atoms with Gasteiger partial charge in [0.2, 0.25) is 10.0 Å². The Kier molecular flexibility index (Phi) is 6.69. The van der Waals surface area contributed by atoms with Gasteiger partial charge in [-0.2, -0.15) is 4.31 Å². The molecule has 11 heteroatoms. The predicted octanol–water partition coefficient (Wildman–Crippen LogP) is 0.536. The summed E-state index contributed by atoms with van der Waals surface area (Å²) in [4.78, 5) is 14.1. The summed E-state index contributed by atoms with van der Waals surface area (Å²) in [6.07, 6.45) is 0.566. The quantitative estimate of drug-likeness (QED) is 0.684. The molecule has 1 aromatic rings. The predicted molar refractivity (Wildman–Crippen MR) is 108 cm³/mol. The number of hydrogen-bond donors (Lipinski definition) is 1. The highest BCUT2D eigenvalue weighted by Gasteiger charge is 2.31. The molecule has 2 aliphatic heterocycles. The third-order valence-corrected chi connectivity index (χ3v) is 8.92. The van der Waals surface area contributed by atoms with E-state index in [1.807, 2.05) is 6.92 Å². The number of ether oxygens (including phenoxy) is 1. The van der Waals surface area contributed by atoms with Crippen molar-refractivity contribution >= 4 is 25.9 Å². The van der Waals surface area contributed by atoms with E-state index in [0.717, 1.165) is 0 Å². The van der Waals surface area contributed by atoms with Crippen LogP contribution in [-0.4, -0.2) is 82.9 Å². The van der Waals surface area contributed by atoms with Crippen molar-refractivity contribution in [2.45, 2.75) is 18.2 Å². The summed E-state index contributed by atoms with van der Waals surface area (Å²) in [5, 5.41) is 2.78. The second-order valence-electron chi connectivity index (χ2n) is 7.25. The molecule has 1 aromatic carbocycles. The highest BCUT2D eigenvalue weighted by atomic mass is 32.2. The van der Waals surface area contributed by atoms with Crippen LogP contribution in [0.25, 0.3) is 0 Å².